The summed E-state index contributed by atoms with van der Waals surface area (Å²) in [5.41, 5.74) is 0. The molecule has 1 rings (SSSR count). The second-order valence-electron chi connectivity index (χ2n) is 2.32. The largest absolute Gasteiger partial charge is 0.481 e. The minimum atomic E-state index is -0.837. The van der Waals surface area contributed by atoms with Gasteiger partial charge in [-0.1, -0.05) is 0 Å². The maximum atomic E-state index is 10.4. The molecule has 0 aliphatic carbocycles. The predicted molar refractivity (Wildman–Crippen MR) is 32.5 cm³/mol. The molecule has 1 aliphatic rings. The van der Waals surface area contributed by atoms with Gasteiger partial charge in [-0.05, 0) is 6.92 Å². The average molecular weight is 146 g/mol. The summed E-state index contributed by atoms with van der Waals surface area (Å²) < 4.78 is 9.82. The molecule has 1 N–H and O–H groups in total. The van der Waals surface area contributed by atoms with Crippen molar-refractivity contribution in [2.75, 3.05) is 13.4 Å². The van der Waals surface area contributed by atoms with Crippen LogP contribution >= 0.6 is 0 Å². The highest BCUT2D eigenvalue weighted by atomic mass is 16.7. The molecule has 0 spiro atoms. The first-order valence-electron chi connectivity index (χ1n) is 3.14. The van der Waals surface area contributed by atoms with Crippen molar-refractivity contribution in [1.29, 1.82) is 0 Å². The van der Waals surface area contributed by atoms with Crippen LogP contribution in [0.5, 0.6) is 0 Å². The third-order valence-corrected chi connectivity index (χ3v) is 1.59. The van der Waals surface area contributed by atoms with Crippen molar-refractivity contribution in [3.8, 4) is 0 Å². The van der Waals surface area contributed by atoms with Gasteiger partial charge >= 0.3 is 5.97 Å². The zero-order valence-corrected chi connectivity index (χ0v) is 5.74. The first-order chi connectivity index (χ1) is 4.72. The van der Waals surface area contributed by atoms with Crippen LogP contribution in [0.2, 0.25) is 0 Å². The van der Waals surface area contributed by atoms with Crippen LogP contribution in [-0.2, 0) is 14.3 Å². The monoisotopic (exact) mass is 146 g/mol. The van der Waals surface area contributed by atoms with Crippen molar-refractivity contribution in [1.82, 2.24) is 0 Å². The maximum Gasteiger partial charge on any atom is 0.308 e. The summed E-state index contributed by atoms with van der Waals surface area (Å²) in [6.45, 7) is 2.23. The molecule has 0 radical (unpaired) electrons. The standard InChI is InChI=1S/C6H10O4/c1-4(6(7)8)5-2-9-3-10-5/h4-5H,2-3H2,1H3,(H,7,8). The van der Waals surface area contributed by atoms with Crippen molar-refractivity contribution in [2.45, 2.75) is 13.0 Å². The predicted octanol–water partition coefficient (Wildman–Crippen LogP) is 0.0800. The summed E-state index contributed by atoms with van der Waals surface area (Å²) in [5.74, 6) is -1.31. The van der Waals surface area contributed by atoms with Crippen LogP contribution in [0.1, 0.15) is 6.92 Å². The van der Waals surface area contributed by atoms with Gasteiger partial charge in [0.25, 0.3) is 0 Å². The van der Waals surface area contributed by atoms with E-state index in [-0.39, 0.29) is 12.9 Å². The number of carbonyl (C=O) groups is 1. The van der Waals surface area contributed by atoms with Crippen LogP contribution < -0.4 is 0 Å². The lowest BCUT2D eigenvalue weighted by atomic mass is 10.1. The lowest BCUT2D eigenvalue weighted by Gasteiger charge is -2.10. The van der Waals surface area contributed by atoms with Crippen LogP contribution in [0, 0.1) is 5.92 Å². The van der Waals surface area contributed by atoms with Gasteiger partial charge in [-0.2, -0.15) is 0 Å². The molecule has 4 nitrogen and oxygen atoms in total. The third-order valence-electron chi connectivity index (χ3n) is 1.59. The molecule has 0 saturated carbocycles. The molecular weight excluding hydrogens is 136 g/mol. The fraction of sp³-hybridized carbons (Fsp3) is 0.833. The Labute approximate surface area is 58.7 Å². The Bertz CT molecular complexity index is 128. The number of ether oxygens (including phenoxy) is 2. The van der Waals surface area contributed by atoms with E-state index in [1.807, 2.05) is 0 Å². The van der Waals surface area contributed by atoms with E-state index in [4.69, 9.17) is 14.6 Å². The number of hydrogen-bond acceptors (Lipinski definition) is 3. The molecule has 10 heavy (non-hydrogen) atoms. The molecule has 2 atom stereocenters. The lowest BCUT2D eigenvalue weighted by Crippen LogP contribution is -2.26. The molecule has 0 bridgehead atoms. The third kappa shape index (κ3) is 1.46. The Balaban J connectivity index is 2.39. The van der Waals surface area contributed by atoms with E-state index in [9.17, 15) is 4.79 Å². The zero-order valence-electron chi connectivity index (χ0n) is 5.74. The molecule has 0 aromatic carbocycles. The van der Waals surface area contributed by atoms with E-state index >= 15 is 0 Å². The fourth-order valence-electron chi connectivity index (χ4n) is 0.796. The summed E-state index contributed by atoms with van der Waals surface area (Å²) in [5, 5.41) is 8.51. The molecule has 1 fully saturated rings. The molecular formula is C6H10O4. The fourth-order valence-corrected chi connectivity index (χ4v) is 0.796. The van der Waals surface area contributed by atoms with E-state index in [1.54, 1.807) is 6.92 Å². The molecule has 1 heterocycles. The van der Waals surface area contributed by atoms with Crippen molar-refractivity contribution in [2.24, 2.45) is 5.92 Å². The van der Waals surface area contributed by atoms with Crippen molar-refractivity contribution in [3.05, 3.63) is 0 Å². The Hall–Kier alpha value is -0.610. The van der Waals surface area contributed by atoms with Crippen molar-refractivity contribution >= 4 is 5.97 Å². The number of carboxylic acids is 1. The zero-order chi connectivity index (χ0) is 7.56. The molecule has 0 aromatic heterocycles. The van der Waals surface area contributed by atoms with E-state index in [0.29, 0.717) is 6.61 Å². The highest BCUT2D eigenvalue weighted by molar-refractivity contribution is 5.70. The highest BCUT2D eigenvalue weighted by Crippen LogP contribution is 2.13. The second-order valence-corrected chi connectivity index (χ2v) is 2.32. The Morgan fingerprint density at radius 2 is 2.50 bits per heavy atom. The van der Waals surface area contributed by atoms with Crippen LogP contribution in [0.25, 0.3) is 0 Å². The summed E-state index contributed by atoms with van der Waals surface area (Å²) in [6.07, 6.45) is -0.266. The normalized spacial score (nSPS) is 28.3. The number of aliphatic carboxylic acids is 1. The van der Waals surface area contributed by atoms with Gasteiger partial charge < -0.3 is 14.6 Å². The van der Waals surface area contributed by atoms with Crippen molar-refractivity contribution in [3.63, 3.8) is 0 Å². The minimum absolute atomic E-state index is 0.224. The van der Waals surface area contributed by atoms with Gasteiger partial charge in [0.1, 0.15) is 6.79 Å². The maximum absolute atomic E-state index is 10.4. The van der Waals surface area contributed by atoms with Gasteiger partial charge in [0, 0.05) is 0 Å². The second kappa shape index (κ2) is 2.98. The van der Waals surface area contributed by atoms with Crippen LogP contribution in [0.15, 0.2) is 0 Å². The smallest absolute Gasteiger partial charge is 0.308 e. The summed E-state index contributed by atoms with van der Waals surface area (Å²) in [4.78, 5) is 10.4. The Morgan fingerprint density at radius 3 is 2.90 bits per heavy atom. The van der Waals surface area contributed by atoms with E-state index in [0.717, 1.165) is 0 Å². The SMILES string of the molecule is CC(C(=O)O)C1COCO1. The van der Waals surface area contributed by atoms with Crippen LogP contribution in [0.3, 0.4) is 0 Å². The number of carboxylic acid groups (broad SMARTS) is 1. The van der Waals surface area contributed by atoms with E-state index in [1.165, 1.54) is 0 Å². The Kier molecular flexibility index (Phi) is 2.24. The molecule has 2 unspecified atom stereocenters. The number of rotatable bonds is 2. The van der Waals surface area contributed by atoms with Crippen LogP contribution in [-0.4, -0.2) is 30.6 Å². The lowest BCUT2D eigenvalue weighted by molar-refractivity contribution is -0.144. The highest BCUT2D eigenvalue weighted by Gasteiger charge is 2.27. The molecule has 1 aliphatic heterocycles. The molecule has 58 valence electrons. The van der Waals surface area contributed by atoms with Gasteiger partial charge in [-0.25, -0.2) is 0 Å². The summed E-state index contributed by atoms with van der Waals surface area (Å²) >= 11 is 0. The number of hydrogen-bond donors (Lipinski definition) is 1. The molecule has 4 heteroatoms. The van der Waals surface area contributed by atoms with Gasteiger partial charge in [-0.3, -0.25) is 4.79 Å². The van der Waals surface area contributed by atoms with Crippen LogP contribution in [0.4, 0.5) is 0 Å². The van der Waals surface area contributed by atoms with Gasteiger partial charge in [0.2, 0.25) is 0 Å². The summed E-state index contributed by atoms with van der Waals surface area (Å²) in [6, 6.07) is 0. The average Bonchev–Trinajstić information content (AvgIpc) is 2.36. The first kappa shape index (κ1) is 7.50. The van der Waals surface area contributed by atoms with E-state index < -0.39 is 11.9 Å². The molecule has 0 aromatic rings. The van der Waals surface area contributed by atoms with Gasteiger partial charge in [-0.15, -0.1) is 0 Å². The minimum Gasteiger partial charge on any atom is -0.481 e. The topological polar surface area (TPSA) is 55.8 Å². The Morgan fingerprint density at radius 1 is 1.80 bits per heavy atom. The van der Waals surface area contributed by atoms with E-state index in [2.05, 4.69) is 0 Å². The van der Waals surface area contributed by atoms with Crippen molar-refractivity contribution < 1.29 is 19.4 Å². The first-order valence-corrected chi connectivity index (χ1v) is 3.14. The molecule has 1 saturated heterocycles. The van der Waals surface area contributed by atoms with Gasteiger partial charge in [0.05, 0.1) is 18.6 Å². The molecule has 0 amide bonds. The summed E-state index contributed by atoms with van der Waals surface area (Å²) in [7, 11) is 0. The quantitative estimate of drug-likeness (QED) is 0.599. The van der Waals surface area contributed by atoms with Gasteiger partial charge in [0.15, 0.2) is 0 Å².